The fourth-order valence-corrected chi connectivity index (χ4v) is 1.54. The molecule has 0 spiro atoms. The molecular weight excluding hydrogens is 254 g/mol. The summed E-state index contributed by atoms with van der Waals surface area (Å²) < 4.78 is 31.3. The van der Waals surface area contributed by atoms with Gasteiger partial charge in [0.05, 0.1) is 5.56 Å². The molecular formula is C14H10F2O3. The van der Waals surface area contributed by atoms with Crippen molar-refractivity contribution in [2.45, 2.75) is 6.61 Å². The van der Waals surface area contributed by atoms with Gasteiger partial charge >= 0.3 is 5.97 Å². The molecule has 0 amide bonds. The van der Waals surface area contributed by atoms with Crippen LogP contribution in [0.25, 0.3) is 0 Å². The van der Waals surface area contributed by atoms with E-state index < -0.39 is 17.6 Å². The van der Waals surface area contributed by atoms with Crippen LogP contribution in [0.15, 0.2) is 42.5 Å². The molecule has 5 heteroatoms. The molecule has 0 atom stereocenters. The molecule has 0 radical (unpaired) electrons. The number of rotatable bonds is 4. The third-order valence-corrected chi connectivity index (χ3v) is 2.46. The van der Waals surface area contributed by atoms with Gasteiger partial charge in [0, 0.05) is 6.07 Å². The van der Waals surface area contributed by atoms with Crippen LogP contribution in [0.3, 0.4) is 0 Å². The van der Waals surface area contributed by atoms with Crippen molar-refractivity contribution in [2.75, 3.05) is 0 Å². The SMILES string of the molecule is O=C(O)c1cccc(COc2cc(F)ccc2F)c1. The van der Waals surface area contributed by atoms with Crippen LogP contribution in [0, 0.1) is 11.6 Å². The van der Waals surface area contributed by atoms with Crippen LogP contribution in [-0.4, -0.2) is 11.1 Å². The summed E-state index contributed by atoms with van der Waals surface area (Å²) in [5.41, 5.74) is 0.671. The smallest absolute Gasteiger partial charge is 0.335 e. The molecule has 2 aromatic rings. The highest BCUT2D eigenvalue weighted by atomic mass is 19.1. The normalized spacial score (nSPS) is 10.2. The number of ether oxygens (including phenoxy) is 1. The van der Waals surface area contributed by atoms with E-state index in [2.05, 4.69) is 0 Å². The van der Waals surface area contributed by atoms with Crippen LogP contribution in [0.5, 0.6) is 5.75 Å². The van der Waals surface area contributed by atoms with Gasteiger partial charge in [-0.2, -0.15) is 0 Å². The minimum absolute atomic E-state index is 0.0402. The lowest BCUT2D eigenvalue weighted by Crippen LogP contribution is -2.01. The zero-order chi connectivity index (χ0) is 13.8. The standard InChI is InChI=1S/C14H10F2O3/c15-11-4-5-12(16)13(7-11)19-8-9-2-1-3-10(6-9)14(17)18/h1-7H,8H2,(H,17,18). The van der Waals surface area contributed by atoms with Gasteiger partial charge in [-0.25, -0.2) is 13.6 Å². The average Bonchev–Trinajstić information content (AvgIpc) is 2.40. The molecule has 0 aliphatic carbocycles. The second-order valence-electron chi connectivity index (χ2n) is 3.87. The van der Waals surface area contributed by atoms with Gasteiger partial charge < -0.3 is 9.84 Å². The molecule has 1 N–H and O–H groups in total. The number of benzene rings is 2. The van der Waals surface area contributed by atoms with Crippen LogP contribution in [0.2, 0.25) is 0 Å². The van der Waals surface area contributed by atoms with E-state index in [1.54, 1.807) is 12.1 Å². The maximum absolute atomic E-state index is 13.3. The Hall–Kier alpha value is -2.43. The molecule has 0 saturated heterocycles. The largest absolute Gasteiger partial charge is 0.486 e. The van der Waals surface area contributed by atoms with Crippen molar-refractivity contribution < 1.29 is 23.4 Å². The van der Waals surface area contributed by atoms with Gasteiger partial charge in [0.25, 0.3) is 0 Å². The van der Waals surface area contributed by atoms with Gasteiger partial charge in [0.1, 0.15) is 12.4 Å². The highest BCUT2D eigenvalue weighted by Gasteiger charge is 2.07. The topological polar surface area (TPSA) is 46.5 Å². The van der Waals surface area contributed by atoms with Gasteiger partial charge in [-0.1, -0.05) is 12.1 Å². The van der Waals surface area contributed by atoms with Crippen molar-refractivity contribution in [1.29, 1.82) is 0 Å². The summed E-state index contributed by atoms with van der Waals surface area (Å²) in [5.74, 6) is -2.54. The first-order valence-corrected chi connectivity index (χ1v) is 5.46. The molecule has 0 saturated carbocycles. The quantitative estimate of drug-likeness (QED) is 0.922. The molecule has 19 heavy (non-hydrogen) atoms. The van der Waals surface area contributed by atoms with Crippen LogP contribution in [-0.2, 0) is 6.61 Å². The fourth-order valence-electron chi connectivity index (χ4n) is 1.54. The second-order valence-corrected chi connectivity index (χ2v) is 3.87. The summed E-state index contributed by atoms with van der Waals surface area (Å²) in [6.45, 7) is -0.0402. The van der Waals surface area contributed by atoms with E-state index in [0.29, 0.717) is 5.56 Å². The molecule has 0 aliphatic heterocycles. The first kappa shape index (κ1) is 13.0. The number of carboxylic acids is 1. The summed E-state index contributed by atoms with van der Waals surface area (Å²) in [6.07, 6.45) is 0. The van der Waals surface area contributed by atoms with Crippen LogP contribution in [0.1, 0.15) is 15.9 Å². The summed E-state index contributed by atoms with van der Waals surface area (Å²) >= 11 is 0. The number of carboxylic acid groups (broad SMARTS) is 1. The van der Waals surface area contributed by atoms with Gasteiger partial charge in [-0.3, -0.25) is 0 Å². The van der Waals surface area contributed by atoms with Crippen molar-refractivity contribution in [3.8, 4) is 5.75 Å². The zero-order valence-electron chi connectivity index (χ0n) is 9.77. The number of halogens is 2. The third-order valence-electron chi connectivity index (χ3n) is 2.46. The Bertz CT molecular complexity index is 611. The van der Waals surface area contributed by atoms with Gasteiger partial charge in [-0.15, -0.1) is 0 Å². The number of hydrogen-bond donors (Lipinski definition) is 1. The minimum Gasteiger partial charge on any atom is -0.486 e. The summed E-state index contributed by atoms with van der Waals surface area (Å²) in [6, 6.07) is 8.96. The molecule has 2 rings (SSSR count). The molecule has 0 unspecified atom stereocenters. The van der Waals surface area contributed by atoms with Crippen LogP contribution >= 0.6 is 0 Å². The van der Waals surface area contributed by atoms with E-state index in [0.717, 1.165) is 18.2 Å². The fraction of sp³-hybridized carbons (Fsp3) is 0.0714. The van der Waals surface area contributed by atoms with E-state index in [9.17, 15) is 13.6 Å². The molecule has 98 valence electrons. The lowest BCUT2D eigenvalue weighted by atomic mass is 10.1. The maximum atomic E-state index is 13.3. The Labute approximate surface area is 108 Å². The van der Waals surface area contributed by atoms with E-state index >= 15 is 0 Å². The van der Waals surface area contributed by atoms with E-state index in [1.165, 1.54) is 12.1 Å². The molecule has 0 fully saturated rings. The Morgan fingerprint density at radius 3 is 2.68 bits per heavy atom. The maximum Gasteiger partial charge on any atom is 0.335 e. The predicted octanol–water partition coefficient (Wildman–Crippen LogP) is 3.24. The minimum atomic E-state index is -1.06. The number of hydrogen-bond acceptors (Lipinski definition) is 2. The monoisotopic (exact) mass is 264 g/mol. The first-order chi connectivity index (χ1) is 9.06. The zero-order valence-corrected chi connectivity index (χ0v) is 9.77. The van der Waals surface area contributed by atoms with Gasteiger partial charge in [-0.05, 0) is 29.8 Å². The highest BCUT2D eigenvalue weighted by Crippen LogP contribution is 2.19. The Morgan fingerprint density at radius 1 is 1.16 bits per heavy atom. The van der Waals surface area contributed by atoms with Crippen LogP contribution in [0.4, 0.5) is 8.78 Å². The predicted molar refractivity (Wildman–Crippen MR) is 64.1 cm³/mol. The molecule has 0 heterocycles. The lowest BCUT2D eigenvalue weighted by molar-refractivity contribution is 0.0696. The van der Waals surface area contributed by atoms with Crippen molar-refractivity contribution in [1.82, 2.24) is 0 Å². The summed E-state index contributed by atoms with van der Waals surface area (Å²) in [4.78, 5) is 10.8. The Morgan fingerprint density at radius 2 is 1.95 bits per heavy atom. The average molecular weight is 264 g/mol. The van der Waals surface area contributed by atoms with Crippen LogP contribution < -0.4 is 4.74 Å². The lowest BCUT2D eigenvalue weighted by Gasteiger charge is -2.08. The van der Waals surface area contributed by atoms with E-state index in [-0.39, 0.29) is 17.9 Å². The van der Waals surface area contributed by atoms with Crippen molar-refractivity contribution in [3.05, 3.63) is 65.2 Å². The van der Waals surface area contributed by atoms with Gasteiger partial charge in [0.15, 0.2) is 11.6 Å². The summed E-state index contributed by atoms with van der Waals surface area (Å²) in [5, 5.41) is 8.82. The van der Waals surface area contributed by atoms with E-state index in [1.807, 2.05) is 0 Å². The van der Waals surface area contributed by atoms with Crippen molar-refractivity contribution in [3.63, 3.8) is 0 Å². The number of aromatic carboxylic acids is 1. The van der Waals surface area contributed by atoms with E-state index in [4.69, 9.17) is 9.84 Å². The number of carbonyl (C=O) groups is 1. The molecule has 0 aliphatic rings. The first-order valence-electron chi connectivity index (χ1n) is 5.46. The molecule has 0 bridgehead atoms. The Balaban J connectivity index is 2.12. The van der Waals surface area contributed by atoms with Crippen molar-refractivity contribution >= 4 is 5.97 Å². The third kappa shape index (κ3) is 3.28. The molecule has 2 aromatic carbocycles. The van der Waals surface area contributed by atoms with Crippen molar-refractivity contribution in [2.24, 2.45) is 0 Å². The second kappa shape index (κ2) is 5.48. The highest BCUT2D eigenvalue weighted by molar-refractivity contribution is 5.87. The van der Waals surface area contributed by atoms with Gasteiger partial charge in [0.2, 0.25) is 0 Å². The molecule has 0 aromatic heterocycles. The Kier molecular flexibility index (Phi) is 3.75. The summed E-state index contributed by atoms with van der Waals surface area (Å²) in [7, 11) is 0. The molecule has 3 nitrogen and oxygen atoms in total.